The number of aromatic carboxylic acids is 1. The zero-order valence-corrected chi connectivity index (χ0v) is 48.4. The molecule has 0 saturated carbocycles. The molecule has 0 aliphatic carbocycles. The second-order valence-corrected chi connectivity index (χ2v) is 25.7. The highest BCUT2D eigenvalue weighted by Gasteiger charge is 2.47. The Morgan fingerprint density at radius 2 is 1.52 bits per heavy atom. The molecule has 4 aliphatic heterocycles. The number of unbranched alkanes of at least 4 members (excludes halogenated alkanes) is 3. The smallest absolute Gasteiger partial charge is 0.478 e. The van der Waals surface area contributed by atoms with Crippen molar-refractivity contribution in [1.82, 2.24) is 29.4 Å². The number of amides is 1. The van der Waals surface area contributed by atoms with Crippen LogP contribution in [0.1, 0.15) is 130 Å². The van der Waals surface area contributed by atoms with E-state index in [2.05, 4.69) is 140 Å². The van der Waals surface area contributed by atoms with Crippen molar-refractivity contribution in [3.8, 4) is 11.5 Å². The van der Waals surface area contributed by atoms with Crippen LogP contribution in [0.4, 0.5) is 11.5 Å². The third kappa shape index (κ3) is 12.2. The average molecular weight is 1180 g/mol. The quantitative estimate of drug-likeness (QED) is 0.0228. The number of ether oxygens (including phenoxy) is 2. The summed E-state index contributed by atoms with van der Waals surface area (Å²) in [4.78, 5) is 79.0. The molecule has 9 N–H and O–H groups in total. The number of phosphoric ester groups is 1. The maximum Gasteiger partial charge on any atom is 0.490 e. The normalized spacial score (nSPS) is 21.4. The highest BCUT2D eigenvalue weighted by Crippen LogP contribution is 2.66. The summed E-state index contributed by atoms with van der Waals surface area (Å²) in [5.41, 5.74) is 7.31. The summed E-state index contributed by atoms with van der Waals surface area (Å²) in [6.45, 7) is 18.5. The summed E-state index contributed by atoms with van der Waals surface area (Å²) in [6, 6.07) is 13.2. The van der Waals surface area contributed by atoms with Crippen molar-refractivity contribution in [1.29, 1.82) is 0 Å². The highest BCUT2D eigenvalue weighted by atomic mass is 31.3. The van der Waals surface area contributed by atoms with E-state index in [4.69, 9.17) is 19.3 Å². The number of hydrogen-bond acceptors (Lipinski definition) is 17. The molecule has 1 fully saturated rings. The first kappa shape index (κ1) is 59.6. The lowest BCUT2D eigenvalue weighted by molar-refractivity contribution is -0.0503. The largest absolute Gasteiger partial charge is 0.490 e. The molecule has 4 aliphatic rings. The van der Waals surface area contributed by atoms with Gasteiger partial charge < -0.3 is 59.9 Å². The fourth-order valence-corrected chi connectivity index (χ4v) is 14.4. The third-order valence-electron chi connectivity index (χ3n) is 14.8. The number of carbonyl (C=O) groups excluding carboxylic acids is 1. The summed E-state index contributed by atoms with van der Waals surface area (Å²) >= 11 is 0. The van der Waals surface area contributed by atoms with Crippen LogP contribution in [0.2, 0.25) is 0 Å². The molecule has 6 atom stereocenters. The third-order valence-corrected chi connectivity index (χ3v) is 18.6. The van der Waals surface area contributed by atoms with Crippen LogP contribution in [0.15, 0.2) is 67.3 Å². The molecule has 9 rings (SSSR count). The van der Waals surface area contributed by atoms with Crippen LogP contribution in [0.25, 0.3) is 27.9 Å². The SMILES string of the molecule is CCN1c2cc3c(cc2C(C)=CC1(C)C)C(c1ccc(C(=O)NCCCCCCNc2ncnc4c2ncn4[C@@H]2O[C@H](COP(=O)(O)OP(=O)(O)OP(=O)(O)O)[C@@H](O)[C@H]2O)cc1C(=O)O)=c1cc2c(cc1O3)=[N+](CC)C(C)(C)C=C2C. The maximum absolute atomic E-state index is 13.7. The Kier molecular flexibility index (Phi) is 16.7. The molecule has 1 amide bonds. The van der Waals surface area contributed by atoms with Crippen molar-refractivity contribution in [3.05, 3.63) is 111 Å². The number of phosphoric acid groups is 3. The van der Waals surface area contributed by atoms with Crippen molar-refractivity contribution in [2.24, 2.45) is 0 Å². The van der Waals surface area contributed by atoms with Crippen LogP contribution in [0, 0.1) is 0 Å². The zero-order valence-electron chi connectivity index (χ0n) is 45.8. The van der Waals surface area contributed by atoms with Gasteiger partial charge in [-0.15, -0.1) is 0 Å². The number of nitrogens with zero attached hydrogens (tertiary/aromatic N) is 6. The monoisotopic (exact) mass is 1180 g/mol. The van der Waals surface area contributed by atoms with E-state index in [0.29, 0.717) is 54.4 Å². The number of rotatable bonds is 21. The lowest BCUT2D eigenvalue weighted by atomic mass is 9.83. The summed E-state index contributed by atoms with van der Waals surface area (Å²) in [6.07, 6.45) is 3.53. The van der Waals surface area contributed by atoms with Gasteiger partial charge in [0, 0.05) is 78.3 Å². The van der Waals surface area contributed by atoms with E-state index in [0.717, 1.165) is 70.0 Å². The molecule has 1 saturated heterocycles. The van der Waals surface area contributed by atoms with Gasteiger partial charge in [-0.1, -0.05) is 25.0 Å². The van der Waals surface area contributed by atoms with Crippen molar-refractivity contribution in [2.45, 2.75) is 117 Å². The fourth-order valence-electron chi connectivity index (χ4n) is 11.4. The molecule has 0 bridgehead atoms. The van der Waals surface area contributed by atoms with Crippen LogP contribution >= 0.6 is 23.5 Å². The summed E-state index contributed by atoms with van der Waals surface area (Å²) < 4.78 is 63.0. The minimum atomic E-state index is -5.79. The van der Waals surface area contributed by atoms with E-state index in [9.17, 15) is 48.4 Å². The second-order valence-electron chi connectivity index (χ2n) is 21.3. The maximum atomic E-state index is 13.7. The Hall–Kier alpha value is -6.01. The van der Waals surface area contributed by atoms with Crippen LogP contribution in [-0.2, 0) is 31.6 Å². The summed E-state index contributed by atoms with van der Waals surface area (Å²) in [5.74, 6) is -0.0231. The fraction of sp³-hybridized carbons (Fsp3) is 0.434. The van der Waals surface area contributed by atoms with Crippen LogP contribution < -0.4 is 35.4 Å². The first-order chi connectivity index (χ1) is 38.0. The Bertz CT molecular complexity index is 3710. The van der Waals surface area contributed by atoms with Crippen molar-refractivity contribution >= 4 is 74.7 Å². The molecular weight excluding hydrogens is 1110 g/mol. The molecule has 25 nitrogen and oxygen atoms in total. The molecule has 5 aromatic rings. The minimum Gasteiger partial charge on any atom is -0.478 e. The Labute approximate surface area is 465 Å². The lowest BCUT2D eigenvalue weighted by Gasteiger charge is -2.43. The number of nitrogens with one attached hydrogen (secondary N) is 2. The number of benzene rings is 3. The predicted octanol–water partition coefficient (Wildman–Crippen LogP) is 5.97. The number of carboxylic acid groups (broad SMARTS) is 1. The minimum absolute atomic E-state index is 0.0233. The summed E-state index contributed by atoms with van der Waals surface area (Å²) in [5, 5.41) is 40.3. The van der Waals surface area contributed by atoms with Gasteiger partial charge in [0.05, 0.1) is 30.1 Å². The first-order valence-corrected chi connectivity index (χ1v) is 30.8. The molecule has 2 aromatic heterocycles. The van der Waals surface area contributed by atoms with Gasteiger partial charge in [0.25, 0.3) is 5.91 Å². The van der Waals surface area contributed by atoms with Crippen LogP contribution in [-0.4, -0.2) is 128 Å². The van der Waals surface area contributed by atoms with E-state index >= 15 is 0 Å². The number of aromatic nitrogens is 4. The van der Waals surface area contributed by atoms with Crippen molar-refractivity contribution in [2.75, 3.05) is 43.0 Å². The van der Waals surface area contributed by atoms with Gasteiger partial charge in [-0.3, -0.25) is 13.9 Å². The Balaban J connectivity index is 0.846. The number of carboxylic acids is 1. The van der Waals surface area contributed by atoms with Crippen molar-refractivity contribution < 1.29 is 80.8 Å². The molecule has 81 heavy (non-hydrogen) atoms. The van der Waals surface area contributed by atoms with Gasteiger partial charge >= 0.3 is 29.4 Å². The van der Waals surface area contributed by atoms with Gasteiger partial charge in [0.15, 0.2) is 28.7 Å². The first-order valence-electron chi connectivity index (χ1n) is 26.3. The van der Waals surface area contributed by atoms with Gasteiger partial charge in [0.1, 0.15) is 42.7 Å². The number of allylic oxidation sites excluding steroid dienone is 2. The number of carbonyl (C=O) groups is 2. The van der Waals surface area contributed by atoms with Crippen LogP contribution in [0.3, 0.4) is 0 Å². The average Bonchev–Trinajstić information content (AvgIpc) is 4.11. The molecule has 434 valence electrons. The number of anilines is 2. The van der Waals surface area contributed by atoms with E-state index in [-0.39, 0.29) is 33.4 Å². The summed E-state index contributed by atoms with van der Waals surface area (Å²) in [7, 11) is -17.0. The van der Waals surface area contributed by atoms with E-state index in [1.165, 1.54) is 23.3 Å². The number of likely N-dealkylation sites (N-methyl/N-ethyl adjacent to an activating group) is 2. The number of imidazole rings is 1. The number of aliphatic hydroxyl groups excluding tert-OH is 2. The second kappa shape index (κ2) is 22.6. The van der Waals surface area contributed by atoms with Gasteiger partial charge in [-0.05, 0) is 101 Å². The van der Waals surface area contributed by atoms with Gasteiger partial charge in [0.2, 0.25) is 5.36 Å². The molecular formula is C53H66N8O17P3+. The molecule has 3 aromatic carbocycles. The number of fused-ring (bicyclic) bond motifs is 5. The highest BCUT2D eigenvalue weighted by molar-refractivity contribution is 7.66. The van der Waals surface area contributed by atoms with Crippen molar-refractivity contribution in [3.63, 3.8) is 0 Å². The van der Waals surface area contributed by atoms with E-state index in [1.807, 2.05) is 0 Å². The molecule has 2 unspecified atom stereocenters. The lowest BCUT2D eigenvalue weighted by Crippen LogP contribution is -2.49. The van der Waals surface area contributed by atoms with E-state index < -0.39 is 66.5 Å². The zero-order chi connectivity index (χ0) is 58.7. The van der Waals surface area contributed by atoms with Gasteiger partial charge in [-0.25, -0.2) is 38.0 Å². The predicted molar refractivity (Wildman–Crippen MR) is 298 cm³/mol. The van der Waals surface area contributed by atoms with E-state index in [1.54, 1.807) is 12.1 Å². The van der Waals surface area contributed by atoms with Gasteiger partial charge in [-0.2, -0.15) is 8.62 Å². The van der Waals surface area contributed by atoms with Crippen LogP contribution in [0.5, 0.6) is 11.5 Å². The molecule has 0 spiro atoms. The molecule has 28 heteroatoms. The standard InChI is InChI=1S/C53H65N8O17P3/c1-9-60-38-22-40-36(20-33(38)29(3)24-52(60,5)6)43(37-21-34-30(4)25-53(7,8)61(10-2)39(34)23-41(37)75-40)32-16-15-31(19-35(32)51(65)66)49(64)55-18-14-12-11-13-17-54-47-44-48(57-27-56-47)59(28-58-44)50-46(63)45(62)42(76-50)26-74-80(70,71)78-81(72,73)77-79(67,68)69/h15-16,19-25,27-28,42,45-46,50,62-63H,9-14,17-18,26H2,1-8H3,(H6-,54,55,56,57,64,65,66,67,68,69,70,71,72,73)/p+1/t42-,45-,46-,50-/m1/s1. The molecule has 6 heterocycles. The number of aliphatic hydroxyl groups is 2. The topological polar surface area (TPSA) is 347 Å². The number of hydrogen-bond donors (Lipinski definition) is 9. The molecule has 0 radical (unpaired) electrons. The Morgan fingerprint density at radius 3 is 2.21 bits per heavy atom. The Morgan fingerprint density at radius 1 is 0.802 bits per heavy atom.